The van der Waals surface area contributed by atoms with Gasteiger partial charge in [0.2, 0.25) is 0 Å². The largest absolute Gasteiger partial charge is 0.481 e. The number of aromatic amines is 1. The number of ether oxygens (including phenoxy) is 1. The molecule has 1 saturated heterocycles. The van der Waals surface area contributed by atoms with Gasteiger partial charge in [-0.3, -0.25) is 5.10 Å². The maximum Gasteiger partial charge on any atom is 0.436 e. The molecule has 0 aromatic carbocycles. The molecule has 1 aliphatic heterocycles. The molecular formula is C8H10F3N3O. The first kappa shape index (κ1) is 10.3. The fourth-order valence-corrected chi connectivity index (χ4v) is 1.37. The summed E-state index contributed by atoms with van der Waals surface area (Å²) in [6.07, 6.45) is -3.41. The summed E-state index contributed by atoms with van der Waals surface area (Å²) in [6, 6.07) is 0. The zero-order chi connectivity index (χ0) is 11.1. The molecule has 0 aliphatic carbocycles. The van der Waals surface area contributed by atoms with Crippen LogP contribution in [0.25, 0.3) is 0 Å². The van der Waals surface area contributed by atoms with E-state index in [0.717, 1.165) is 6.20 Å². The lowest BCUT2D eigenvalue weighted by atomic mass is 10.00. The van der Waals surface area contributed by atoms with Gasteiger partial charge in [0.25, 0.3) is 0 Å². The molecule has 1 aliphatic rings. The number of alkyl halides is 3. The molecule has 0 bridgehead atoms. The Morgan fingerprint density at radius 2 is 2.13 bits per heavy atom. The number of rotatable bonds is 2. The lowest BCUT2D eigenvalue weighted by molar-refractivity contribution is -0.143. The van der Waals surface area contributed by atoms with Gasteiger partial charge in [-0.05, 0) is 6.92 Å². The molecule has 0 amide bonds. The highest BCUT2D eigenvalue weighted by atomic mass is 19.4. The molecule has 84 valence electrons. The van der Waals surface area contributed by atoms with Crippen LogP contribution in [0.15, 0.2) is 6.20 Å². The first-order chi connectivity index (χ1) is 6.91. The lowest BCUT2D eigenvalue weighted by Gasteiger charge is -2.39. The number of halogens is 3. The topological polar surface area (TPSA) is 49.9 Å². The molecule has 1 aromatic heterocycles. The van der Waals surface area contributed by atoms with Gasteiger partial charge in [0.1, 0.15) is 5.60 Å². The third kappa shape index (κ3) is 1.92. The van der Waals surface area contributed by atoms with Crippen molar-refractivity contribution in [1.82, 2.24) is 15.5 Å². The van der Waals surface area contributed by atoms with E-state index in [2.05, 4.69) is 10.4 Å². The van der Waals surface area contributed by atoms with Crippen molar-refractivity contribution in [2.45, 2.75) is 18.7 Å². The number of hydrogen-bond acceptors (Lipinski definition) is 3. The van der Waals surface area contributed by atoms with E-state index in [0.29, 0.717) is 13.1 Å². The molecule has 0 saturated carbocycles. The first-order valence-corrected chi connectivity index (χ1v) is 4.41. The fraction of sp³-hybridized carbons (Fsp3) is 0.625. The molecule has 2 N–H and O–H groups in total. The van der Waals surface area contributed by atoms with Gasteiger partial charge in [0.05, 0.1) is 6.20 Å². The molecule has 2 rings (SSSR count). The monoisotopic (exact) mass is 221 g/mol. The minimum absolute atomic E-state index is 0.244. The predicted molar refractivity (Wildman–Crippen MR) is 45.5 cm³/mol. The van der Waals surface area contributed by atoms with E-state index in [1.54, 1.807) is 6.92 Å². The molecule has 0 radical (unpaired) electrons. The smallest absolute Gasteiger partial charge is 0.436 e. The van der Waals surface area contributed by atoms with E-state index < -0.39 is 17.5 Å². The Labute approximate surface area is 83.8 Å². The molecule has 1 fully saturated rings. The van der Waals surface area contributed by atoms with Crippen LogP contribution in [0, 0.1) is 0 Å². The Morgan fingerprint density at radius 3 is 2.60 bits per heavy atom. The molecule has 4 nitrogen and oxygen atoms in total. The van der Waals surface area contributed by atoms with Gasteiger partial charge in [0, 0.05) is 13.1 Å². The maximum atomic E-state index is 12.4. The average Bonchev–Trinajstić information content (AvgIpc) is 2.48. The van der Waals surface area contributed by atoms with Crippen LogP contribution in [0.4, 0.5) is 13.2 Å². The average molecular weight is 221 g/mol. The Morgan fingerprint density at radius 1 is 1.47 bits per heavy atom. The lowest BCUT2D eigenvalue weighted by Crippen LogP contribution is -2.61. The van der Waals surface area contributed by atoms with Gasteiger partial charge in [0.15, 0.2) is 11.4 Å². The highest BCUT2D eigenvalue weighted by molar-refractivity contribution is 5.27. The summed E-state index contributed by atoms with van der Waals surface area (Å²) >= 11 is 0. The summed E-state index contributed by atoms with van der Waals surface area (Å²) in [5, 5.41) is 8.17. The van der Waals surface area contributed by atoms with Gasteiger partial charge < -0.3 is 10.1 Å². The van der Waals surface area contributed by atoms with Gasteiger partial charge in [-0.1, -0.05) is 0 Å². The van der Waals surface area contributed by atoms with Gasteiger partial charge >= 0.3 is 6.18 Å². The number of nitrogens with one attached hydrogen (secondary N) is 2. The first-order valence-electron chi connectivity index (χ1n) is 4.41. The summed E-state index contributed by atoms with van der Waals surface area (Å²) < 4.78 is 42.5. The summed E-state index contributed by atoms with van der Waals surface area (Å²) in [7, 11) is 0. The summed E-state index contributed by atoms with van der Waals surface area (Å²) in [6.45, 7) is 2.82. The summed E-state index contributed by atoms with van der Waals surface area (Å²) in [5.41, 5.74) is -1.50. The molecule has 15 heavy (non-hydrogen) atoms. The molecule has 7 heteroatoms. The van der Waals surface area contributed by atoms with Gasteiger partial charge in [-0.2, -0.15) is 18.3 Å². The van der Waals surface area contributed by atoms with E-state index in [1.807, 2.05) is 5.10 Å². The molecule has 1 aromatic rings. The van der Waals surface area contributed by atoms with Crippen LogP contribution in [-0.4, -0.2) is 28.9 Å². The Balaban J connectivity index is 2.18. The number of aromatic nitrogens is 2. The van der Waals surface area contributed by atoms with Crippen molar-refractivity contribution in [3.63, 3.8) is 0 Å². The molecular weight excluding hydrogens is 211 g/mol. The van der Waals surface area contributed by atoms with Crippen molar-refractivity contribution in [2.24, 2.45) is 0 Å². The van der Waals surface area contributed by atoms with Crippen molar-refractivity contribution >= 4 is 0 Å². The van der Waals surface area contributed by atoms with E-state index >= 15 is 0 Å². The van der Waals surface area contributed by atoms with Gasteiger partial charge in [-0.25, -0.2) is 0 Å². The highest BCUT2D eigenvalue weighted by Gasteiger charge is 2.40. The van der Waals surface area contributed by atoms with Crippen molar-refractivity contribution in [3.05, 3.63) is 11.9 Å². The highest BCUT2D eigenvalue weighted by Crippen LogP contribution is 2.36. The van der Waals surface area contributed by atoms with Crippen molar-refractivity contribution in [1.29, 1.82) is 0 Å². The van der Waals surface area contributed by atoms with Gasteiger partial charge in [-0.15, -0.1) is 0 Å². The number of hydrogen-bond donors (Lipinski definition) is 2. The standard InChI is InChI=1S/C8H10F3N3O/c1-7(3-12-4-7)15-5-2-13-14-6(5)8(9,10)11/h2,12H,3-4H2,1H3,(H,13,14). The van der Waals surface area contributed by atoms with E-state index in [-0.39, 0.29) is 5.75 Å². The van der Waals surface area contributed by atoms with E-state index in [1.165, 1.54) is 0 Å². The molecule has 0 unspecified atom stereocenters. The van der Waals surface area contributed by atoms with Crippen molar-refractivity contribution < 1.29 is 17.9 Å². The van der Waals surface area contributed by atoms with Crippen LogP contribution in [0.3, 0.4) is 0 Å². The van der Waals surface area contributed by atoms with Crippen LogP contribution in [0.2, 0.25) is 0 Å². The van der Waals surface area contributed by atoms with Crippen LogP contribution in [0.1, 0.15) is 12.6 Å². The Hall–Kier alpha value is -1.24. The Kier molecular flexibility index (Phi) is 2.14. The molecule has 2 heterocycles. The zero-order valence-corrected chi connectivity index (χ0v) is 7.98. The van der Waals surface area contributed by atoms with Crippen LogP contribution in [-0.2, 0) is 6.18 Å². The normalized spacial score (nSPS) is 19.7. The van der Waals surface area contributed by atoms with Crippen molar-refractivity contribution in [2.75, 3.05) is 13.1 Å². The Bertz CT molecular complexity index is 356. The van der Waals surface area contributed by atoms with Crippen LogP contribution < -0.4 is 10.1 Å². The van der Waals surface area contributed by atoms with E-state index in [9.17, 15) is 13.2 Å². The number of nitrogens with zero attached hydrogens (tertiary/aromatic N) is 1. The third-order valence-electron chi connectivity index (χ3n) is 2.24. The second-order valence-corrected chi connectivity index (χ2v) is 3.76. The summed E-state index contributed by atoms with van der Waals surface area (Å²) in [5.74, 6) is -0.244. The minimum atomic E-state index is -4.46. The fourth-order valence-electron chi connectivity index (χ4n) is 1.37. The number of H-pyrrole nitrogens is 1. The third-order valence-corrected chi connectivity index (χ3v) is 2.24. The van der Waals surface area contributed by atoms with E-state index in [4.69, 9.17) is 4.74 Å². The second kappa shape index (κ2) is 3.13. The maximum absolute atomic E-state index is 12.4. The minimum Gasteiger partial charge on any atom is -0.481 e. The van der Waals surface area contributed by atoms with Crippen LogP contribution in [0.5, 0.6) is 5.75 Å². The SMILES string of the molecule is CC1(Oc2cn[nH]c2C(F)(F)F)CNC1. The molecule has 0 atom stereocenters. The molecule has 0 spiro atoms. The predicted octanol–water partition coefficient (Wildman–Crippen LogP) is 1.17. The van der Waals surface area contributed by atoms with Crippen molar-refractivity contribution in [3.8, 4) is 5.75 Å². The van der Waals surface area contributed by atoms with Crippen LogP contribution >= 0.6 is 0 Å². The summed E-state index contributed by atoms with van der Waals surface area (Å²) in [4.78, 5) is 0. The quantitative estimate of drug-likeness (QED) is 0.788. The zero-order valence-electron chi connectivity index (χ0n) is 7.98. The second-order valence-electron chi connectivity index (χ2n) is 3.76.